The number of ether oxygens (including phenoxy) is 1. The first kappa shape index (κ1) is 12.6. The molecule has 21 heavy (non-hydrogen) atoms. The van der Waals surface area contributed by atoms with Crippen molar-refractivity contribution in [3.63, 3.8) is 0 Å². The number of hydrogen-bond donors (Lipinski definition) is 1. The van der Waals surface area contributed by atoms with E-state index in [1.54, 1.807) is 12.7 Å². The minimum atomic E-state index is 0.900. The molecule has 0 radical (unpaired) electrons. The summed E-state index contributed by atoms with van der Waals surface area (Å²) < 4.78 is 5.32. The van der Waals surface area contributed by atoms with E-state index in [0.717, 1.165) is 12.3 Å². The summed E-state index contributed by atoms with van der Waals surface area (Å²) in [6, 6.07) is 8.23. The van der Waals surface area contributed by atoms with Gasteiger partial charge in [-0.1, -0.05) is 6.07 Å². The van der Waals surface area contributed by atoms with E-state index in [4.69, 9.17) is 4.74 Å². The maximum Gasteiger partial charge on any atom is 0.120 e. The second kappa shape index (κ2) is 4.99. The van der Waals surface area contributed by atoms with E-state index >= 15 is 0 Å². The zero-order chi connectivity index (χ0) is 14.2. The van der Waals surface area contributed by atoms with Crippen molar-refractivity contribution in [1.29, 1.82) is 0 Å². The summed E-state index contributed by atoms with van der Waals surface area (Å²) in [5.41, 5.74) is 6.97. The molecular formula is C18H20N2O. The quantitative estimate of drug-likeness (QED) is 0.904. The Balaban J connectivity index is 1.66. The van der Waals surface area contributed by atoms with Crippen molar-refractivity contribution in [2.75, 3.05) is 12.0 Å². The summed E-state index contributed by atoms with van der Waals surface area (Å²) in [7, 11) is 1.71. The molecule has 1 aromatic carbocycles. The van der Waals surface area contributed by atoms with Gasteiger partial charge < -0.3 is 14.6 Å². The minimum absolute atomic E-state index is 0.900. The Hall–Kier alpha value is -2.16. The lowest BCUT2D eigenvalue weighted by atomic mass is 9.94. The van der Waals surface area contributed by atoms with Gasteiger partial charge in [0.15, 0.2) is 0 Å². The van der Waals surface area contributed by atoms with Crippen LogP contribution in [-0.4, -0.2) is 12.1 Å². The van der Waals surface area contributed by atoms with Crippen LogP contribution in [0.5, 0.6) is 5.75 Å². The standard InChI is InChI=1S/C18H20N2O/c1-21-14-6-4-5-13(11-14)20-10-9-16-15-7-2-3-8-17(15)19-18(16)12-20/h4-6,9-11,19H,2-3,7-8,12H2,1H3. The Kier molecular flexibility index (Phi) is 2.99. The number of H-pyrrole nitrogens is 1. The van der Waals surface area contributed by atoms with Gasteiger partial charge in [-0.05, 0) is 49.5 Å². The lowest BCUT2D eigenvalue weighted by molar-refractivity contribution is 0.415. The monoisotopic (exact) mass is 280 g/mol. The van der Waals surface area contributed by atoms with Crippen molar-refractivity contribution in [2.45, 2.75) is 32.2 Å². The molecule has 1 aliphatic heterocycles. The molecule has 4 rings (SSSR count). The van der Waals surface area contributed by atoms with Gasteiger partial charge in [0.2, 0.25) is 0 Å². The smallest absolute Gasteiger partial charge is 0.120 e. The minimum Gasteiger partial charge on any atom is -0.497 e. The van der Waals surface area contributed by atoms with Crippen LogP contribution in [0.15, 0.2) is 30.5 Å². The molecule has 3 nitrogen and oxygen atoms in total. The number of rotatable bonds is 2. The number of nitrogens with one attached hydrogen (secondary N) is 1. The van der Waals surface area contributed by atoms with E-state index in [1.807, 2.05) is 12.1 Å². The van der Waals surface area contributed by atoms with E-state index in [9.17, 15) is 0 Å². The number of methoxy groups -OCH3 is 1. The zero-order valence-electron chi connectivity index (χ0n) is 12.4. The molecule has 0 fully saturated rings. The molecule has 3 heteroatoms. The van der Waals surface area contributed by atoms with E-state index in [1.165, 1.54) is 48.3 Å². The molecule has 0 amide bonds. The molecule has 108 valence electrons. The molecule has 2 aromatic rings. The van der Waals surface area contributed by atoms with Crippen LogP contribution in [0.3, 0.4) is 0 Å². The second-order valence-electron chi connectivity index (χ2n) is 5.83. The Morgan fingerprint density at radius 3 is 2.95 bits per heavy atom. The highest BCUT2D eigenvalue weighted by Crippen LogP contribution is 2.33. The zero-order valence-corrected chi connectivity index (χ0v) is 12.4. The molecule has 2 aliphatic rings. The SMILES string of the molecule is COc1cccc(N2C=Cc3c([nH]c4c3CCCC4)C2)c1. The molecule has 1 aliphatic carbocycles. The van der Waals surface area contributed by atoms with Crippen LogP contribution in [0, 0.1) is 0 Å². The fourth-order valence-corrected chi connectivity index (χ4v) is 3.45. The number of benzene rings is 1. The third kappa shape index (κ3) is 2.13. The predicted octanol–water partition coefficient (Wildman–Crippen LogP) is 3.89. The summed E-state index contributed by atoms with van der Waals surface area (Å²) in [6.45, 7) is 0.909. The molecule has 0 saturated carbocycles. The third-order valence-corrected chi connectivity index (χ3v) is 4.55. The number of aromatic amines is 1. The van der Waals surface area contributed by atoms with Gasteiger partial charge in [0.1, 0.15) is 5.75 Å². The topological polar surface area (TPSA) is 28.3 Å². The average Bonchev–Trinajstić information content (AvgIpc) is 2.92. The van der Waals surface area contributed by atoms with Crippen molar-refractivity contribution in [1.82, 2.24) is 4.98 Å². The van der Waals surface area contributed by atoms with Crippen LogP contribution in [0.25, 0.3) is 6.08 Å². The molecule has 0 atom stereocenters. The van der Waals surface area contributed by atoms with Crippen molar-refractivity contribution < 1.29 is 4.74 Å². The number of anilines is 1. The Morgan fingerprint density at radius 1 is 1.14 bits per heavy atom. The summed E-state index contributed by atoms with van der Waals surface area (Å²) >= 11 is 0. The van der Waals surface area contributed by atoms with Gasteiger partial charge in [0, 0.05) is 34.9 Å². The highest BCUT2D eigenvalue weighted by atomic mass is 16.5. The molecule has 0 saturated heterocycles. The van der Waals surface area contributed by atoms with Gasteiger partial charge in [0.05, 0.1) is 13.7 Å². The highest BCUT2D eigenvalue weighted by molar-refractivity contribution is 5.67. The van der Waals surface area contributed by atoms with Crippen LogP contribution in [0.1, 0.15) is 35.4 Å². The van der Waals surface area contributed by atoms with Crippen molar-refractivity contribution in [3.05, 3.63) is 53.0 Å². The Labute approximate surface area is 125 Å². The molecule has 1 N–H and O–H groups in total. The Bertz CT molecular complexity index is 699. The lowest BCUT2D eigenvalue weighted by Crippen LogP contribution is -2.19. The predicted molar refractivity (Wildman–Crippen MR) is 85.6 cm³/mol. The number of fused-ring (bicyclic) bond motifs is 3. The van der Waals surface area contributed by atoms with Gasteiger partial charge >= 0.3 is 0 Å². The van der Waals surface area contributed by atoms with Gasteiger partial charge in [-0.2, -0.15) is 0 Å². The highest BCUT2D eigenvalue weighted by Gasteiger charge is 2.22. The molecule has 0 spiro atoms. The number of aryl methyl sites for hydroxylation is 1. The van der Waals surface area contributed by atoms with Crippen LogP contribution in [0.4, 0.5) is 5.69 Å². The number of nitrogens with zero attached hydrogens (tertiary/aromatic N) is 1. The number of hydrogen-bond acceptors (Lipinski definition) is 2. The van der Waals surface area contributed by atoms with E-state index < -0.39 is 0 Å². The first-order valence-corrected chi connectivity index (χ1v) is 7.66. The Morgan fingerprint density at radius 2 is 2.05 bits per heavy atom. The molecule has 1 aromatic heterocycles. The van der Waals surface area contributed by atoms with Gasteiger partial charge in [-0.15, -0.1) is 0 Å². The summed E-state index contributed by atoms with van der Waals surface area (Å²) in [4.78, 5) is 5.93. The summed E-state index contributed by atoms with van der Waals surface area (Å²) in [5, 5.41) is 0. The van der Waals surface area contributed by atoms with Crippen molar-refractivity contribution in [2.24, 2.45) is 0 Å². The largest absolute Gasteiger partial charge is 0.497 e. The third-order valence-electron chi connectivity index (χ3n) is 4.55. The van der Waals surface area contributed by atoms with E-state index in [0.29, 0.717) is 0 Å². The lowest BCUT2D eigenvalue weighted by Gasteiger charge is -2.24. The maximum absolute atomic E-state index is 5.32. The van der Waals surface area contributed by atoms with Crippen molar-refractivity contribution in [3.8, 4) is 5.75 Å². The van der Waals surface area contributed by atoms with Crippen molar-refractivity contribution >= 4 is 11.8 Å². The molecule has 0 unspecified atom stereocenters. The molecule has 0 bridgehead atoms. The molecule has 2 heterocycles. The van der Waals surface area contributed by atoms with Crippen LogP contribution in [0.2, 0.25) is 0 Å². The molecular weight excluding hydrogens is 260 g/mol. The first-order valence-electron chi connectivity index (χ1n) is 7.66. The van der Waals surface area contributed by atoms with Gasteiger partial charge in [-0.25, -0.2) is 0 Å². The van der Waals surface area contributed by atoms with Crippen LogP contribution < -0.4 is 9.64 Å². The number of aromatic nitrogens is 1. The second-order valence-corrected chi connectivity index (χ2v) is 5.83. The van der Waals surface area contributed by atoms with Crippen LogP contribution >= 0.6 is 0 Å². The summed E-state index contributed by atoms with van der Waals surface area (Å²) in [6.07, 6.45) is 9.53. The average molecular weight is 280 g/mol. The van der Waals surface area contributed by atoms with E-state index in [2.05, 4.69) is 34.3 Å². The fourth-order valence-electron chi connectivity index (χ4n) is 3.45. The van der Waals surface area contributed by atoms with Gasteiger partial charge in [-0.3, -0.25) is 0 Å². The van der Waals surface area contributed by atoms with E-state index in [-0.39, 0.29) is 0 Å². The first-order chi connectivity index (χ1) is 10.3. The summed E-state index contributed by atoms with van der Waals surface area (Å²) in [5.74, 6) is 0.900. The maximum atomic E-state index is 5.32. The normalized spacial score (nSPS) is 16.5. The van der Waals surface area contributed by atoms with Gasteiger partial charge in [0.25, 0.3) is 0 Å². The fraction of sp³-hybridized carbons (Fsp3) is 0.333. The van der Waals surface area contributed by atoms with Crippen LogP contribution in [-0.2, 0) is 19.4 Å².